The van der Waals surface area contributed by atoms with Crippen molar-refractivity contribution < 1.29 is 5.11 Å². The first kappa shape index (κ1) is 14.0. The summed E-state index contributed by atoms with van der Waals surface area (Å²) in [5, 5.41) is 10.7. The molecule has 1 saturated carbocycles. The van der Waals surface area contributed by atoms with Crippen LogP contribution in [0.5, 0.6) is 0 Å². The van der Waals surface area contributed by atoms with Gasteiger partial charge in [0.25, 0.3) is 0 Å². The Morgan fingerprint density at radius 3 is 2.62 bits per heavy atom. The number of aliphatic hydroxyl groups is 1. The molecular formula is C15H30O. The summed E-state index contributed by atoms with van der Waals surface area (Å²) < 4.78 is 0. The largest absolute Gasteiger partial charge is 0.390 e. The van der Waals surface area contributed by atoms with E-state index in [-0.39, 0.29) is 5.60 Å². The van der Waals surface area contributed by atoms with Gasteiger partial charge < -0.3 is 5.11 Å². The number of rotatable bonds is 5. The summed E-state index contributed by atoms with van der Waals surface area (Å²) in [6.07, 6.45) is 10.7. The molecule has 0 radical (unpaired) electrons. The molecule has 0 spiro atoms. The van der Waals surface area contributed by atoms with Crippen molar-refractivity contribution in [3.63, 3.8) is 0 Å². The van der Waals surface area contributed by atoms with Gasteiger partial charge in [0.05, 0.1) is 5.60 Å². The number of hydrogen-bond acceptors (Lipinski definition) is 1. The Hall–Kier alpha value is -0.0400. The normalized spacial score (nSPS) is 33.4. The molecule has 1 fully saturated rings. The van der Waals surface area contributed by atoms with Crippen molar-refractivity contribution in [2.24, 2.45) is 11.8 Å². The zero-order valence-electron chi connectivity index (χ0n) is 11.5. The van der Waals surface area contributed by atoms with E-state index in [0.717, 1.165) is 25.2 Å². The minimum atomic E-state index is -0.335. The average Bonchev–Trinajstić information content (AvgIpc) is 2.40. The third-order valence-corrected chi connectivity index (χ3v) is 4.36. The second-order valence-corrected chi connectivity index (χ2v) is 6.03. The molecule has 1 nitrogen and oxygen atoms in total. The van der Waals surface area contributed by atoms with Crippen molar-refractivity contribution in [1.29, 1.82) is 0 Å². The Morgan fingerprint density at radius 2 is 2.00 bits per heavy atom. The second-order valence-electron chi connectivity index (χ2n) is 6.03. The van der Waals surface area contributed by atoms with E-state index >= 15 is 0 Å². The van der Waals surface area contributed by atoms with Gasteiger partial charge in [-0.1, -0.05) is 52.9 Å². The van der Waals surface area contributed by atoms with Crippen LogP contribution in [0.15, 0.2) is 0 Å². The first-order valence-corrected chi connectivity index (χ1v) is 7.32. The van der Waals surface area contributed by atoms with E-state index < -0.39 is 0 Å². The van der Waals surface area contributed by atoms with Gasteiger partial charge in [-0.3, -0.25) is 0 Å². The summed E-state index contributed by atoms with van der Waals surface area (Å²) in [6.45, 7) is 6.82. The molecule has 1 rings (SSSR count). The lowest BCUT2D eigenvalue weighted by molar-refractivity contribution is 0.00127. The average molecular weight is 226 g/mol. The molecule has 0 aromatic rings. The van der Waals surface area contributed by atoms with Crippen LogP contribution >= 0.6 is 0 Å². The molecule has 0 amide bonds. The SMILES string of the molecule is CCCC(C)CC1(O)CCCC(CC)CC1. The molecule has 1 aliphatic rings. The fraction of sp³-hybridized carbons (Fsp3) is 1.00. The van der Waals surface area contributed by atoms with E-state index in [2.05, 4.69) is 20.8 Å². The first-order chi connectivity index (χ1) is 7.59. The van der Waals surface area contributed by atoms with Gasteiger partial charge in [0.1, 0.15) is 0 Å². The van der Waals surface area contributed by atoms with Gasteiger partial charge in [0.2, 0.25) is 0 Å². The molecule has 0 aromatic carbocycles. The third-order valence-electron chi connectivity index (χ3n) is 4.36. The zero-order valence-corrected chi connectivity index (χ0v) is 11.5. The summed E-state index contributed by atoms with van der Waals surface area (Å²) >= 11 is 0. The molecule has 1 N–H and O–H groups in total. The van der Waals surface area contributed by atoms with Crippen LogP contribution < -0.4 is 0 Å². The minimum Gasteiger partial charge on any atom is -0.390 e. The quantitative estimate of drug-likeness (QED) is 0.683. The molecule has 16 heavy (non-hydrogen) atoms. The summed E-state index contributed by atoms with van der Waals surface area (Å²) in [4.78, 5) is 0. The van der Waals surface area contributed by atoms with Crippen molar-refractivity contribution in [3.05, 3.63) is 0 Å². The van der Waals surface area contributed by atoms with Gasteiger partial charge in [-0.25, -0.2) is 0 Å². The smallest absolute Gasteiger partial charge is 0.0650 e. The van der Waals surface area contributed by atoms with Crippen molar-refractivity contribution in [3.8, 4) is 0 Å². The molecule has 0 aliphatic heterocycles. The summed E-state index contributed by atoms with van der Waals surface area (Å²) in [5.41, 5.74) is -0.335. The Morgan fingerprint density at radius 1 is 1.25 bits per heavy atom. The Kier molecular flexibility index (Phi) is 5.82. The lowest BCUT2D eigenvalue weighted by atomic mass is 9.83. The van der Waals surface area contributed by atoms with Crippen LogP contribution in [-0.4, -0.2) is 10.7 Å². The fourth-order valence-corrected chi connectivity index (χ4v) is 3.32. The molecule has 1 heteroatoms. The number of hydrogen-bond donors (Lipinski definition) is 1. The van der Waals surface area contributed by atoms with Gasteiger partial charge in [-0.15, -0.1) is 0 Å². The van der Waals surface area contributed by atoms with E-state index in [1.807, 2.05) is 0 Å². The maximum atomic E-state index is 10.7. The summed E-state index contributed by atoms with van der Waals surface area (Å²) in [5.74, 6) is 1.56. The van der Waals surface area contributed by atoms with Crippen LogP contribution in [-0.2, 0) is 0 Å². The lowest BCUT2D eigenvalue weighted by Gasteiger charge is -2.29. The van der Waals surface area contributed by atoms with Crippen LogP contribution in [0.3, 0.4) is 0 Å². The third kappa shape index (κ3) is 4.45. The molecule has 0 bridgehead atoms. The van der Waals surface area contributed by atoms with Crippen LogP contribution in [0.2, 0.25) is 0 Å². The van der Waals surface area contributed by atoms with E-state index in [4.69, 9.17) is 0 Å². The van der Waals surface area contributed by atoms with Gasteiger partial charge in [0, 0.05) is 0 Å². The monoisotopic (exact) mass is 226 g/mol. The lowest BCUT2D eigenvalue weighted by Crippen LogP contribution is -2.30. The maximum absolute atomic E-state index is 10.7. The van der Waals surface area contributed by atoms with Gasteiger partial charge in [0.15, 0.2) is 0 Å². The molecule has 3 unspecified atom stereocenters. The van der Waals surface area contributed by atoms with Crippen molar-refractivity contribution in [2.45, 2.75) is 84.2 Å². The summed E-state index contributed by atoms with van der Waals surface area (Å²) in [6, 6.07) is 0. The molecule has 3 atom stereocenters. The highest BCUT2D eigenvalue weighted by Gasteiger charge is 2.31. The first-order valence-electron chi connectivity index (χ1n) is 7.32. The van der Waals surface area contributed by atoms with Gasteiger partial charge in [-0.05, 0) is 37.5 Å². The highest BCUT2D eigenvalue weighted by Crippen LogP contribution is 2.36. The van der Waals surface area contributed by atoms with E-state index in [0.29, 0.717) is 5.92 Å². The van der Waals surface area contributed by atoms with Crippen LogP contribution in [0.4, 0.5) is 0 Å². The minimum absolute atomic E-state index is 0.335. The molecule has 96 valence electrons. The topological polar surface area (TPSA) is 20.2 Å². The van der Waals surface area contributed by atoms with Crippen molar-refractivity contribution in [1.82, 2.24) is 0 Å². The molecule has 0 saturated heterocycles. The van der Waals surface area contributed by atoms with Crippen molar-refractivity contribution in [2.75, 3.05) is 0 Å². The Bertz CT molecular complexity index is 190. The van der Waals surface area contributed by atoms with Crippen molar-refractivity contribution >= 4 is 0 Å². The van der Waals surface area contributed by atoms with E-state index in [1.165, 1.54) is 38.5 Å². The maximum Gasteiger partial charge on any atom is 0.0650 e. The predicted molar refractivity (Wildman–Crippen MR) is 70.5 cm³/mol. The second kappa shape index (κ2) is 6.64. The molecule has 0 heterocycles. The molecule has 0 aromatic heterocycles. The summed E-state index contributed by atoms with van der Waals surface area (Å²) in [7, 11) is 0. The van der Waals surface area contributed by atoms with E-state index in [1.54, 1.807) is 0 Å². The standard InChI is InChI=1S/C15H30O/c1-4-7-13(3)12-15(16)10-6-8-14(5-2)9-11-15/h13-14,16H,4-12H2,1-3H3. The Labute approximate surface area is 102 Å². The fourth-order valence-electron chi connectivity index (χ4n) is 3.32. The predicted octanol–water partition coefficient (Wildman–Crippen LogP) is 4.53. The van der Waals surface area contributed by atoms with Crippen LogP contribution in [0.25, 0.3) is 0 Å². The molecule has 1 aliphatic carbocycles. The van der Waals surface area contributed by atoms with Crippen LogP contribution in [0, 0.1) is 11.8 Å². The van der Waals surface area contributed by atoms with E-state index in [9.17, 15) is 5.11 Å². The van der Waals surface area contributed by atoms with Gasteiger partial charge in [-0.2, -0.15) is 0 Å². The van der Waals surface area contributed by atoms with Crippen LogP contribution in [0.1, 0.15) is 78.6 Å². The Balaban J connectivity index is 2.43. The molecular weight excluding hydrogens is 196 g/mol. The highest BCUT2D eigenvalue weighted by atomic mass is 16.3. The highest BCUT2D eigenvalue weighted by molar-refractivity contribution is 4.84. The zero-order chi connectivity index (χ0) is 12.0. The van der Waals surface area contributed by atoms with Gasteiger partial charge >= 0.3 is 0 Å².